The smallest absolute Gasteiger partial charge is 0.311 e. The number of aromatic nitrogens is 2. The van der Waals surface area contributed by atoms with Gasteiger partial charge in [0.25, 0.3) is 0 Å². The molecular weight excluding hydrogens is 384 g/mol. The van der Waals surface area contributed by atoms with Gasteiger partial charge in [-0.25, -0.2) is 9.97 Å². The Kier molecular flexibility index (Phi) is 9.05. The van der Waals surface area contributed by atoms with Gasteiger partial charge >= 0.3 is 5.97 Å². The second-order valence-electron chi connectivity index (χ2n) is 9.19. The molecule has 0 bridgehead atoms. The first-order chi connectivity index (χ1) is 15.1. The van der Waals surface area contributed by atoms with Crippen LogP contribution in [-0.2, 0) is 17.6 Å². The highest BCUT2D eigenvalue weighted by Gasteiger charge is 2.22. The van der Waals surface area contributed by atoms with Gasteiger partial charge in [-0.1, -0.05) is 52.9 Å². The second-order valence-corrected chi connectivity index (χ2v) is 9.19. The van der Waals surface area contributed by atoms with Crippen LogP contribution in [0.15, 0.2) is 30.5 Å². The highest BCUT2D eigenvalue weighted by atomic mass is 16.5. The first kappa shape index (κ1) is 23.4. The van der Waals surface area contributed by atoms with E-state index in [-0.39, 0.29) is 5.97 Å². The Morgan fingerprint density at radius 1 is 1.13 bits per heavy atom. The third-order valence-electron chi connectivity index (χ3n) is 6.51. The summed E-state index contributed by atoms with van der Waals surface area (Å²) < 4.78 is 5.48. The number of esters is 1. The highest BCUT2D eigenvalue weighted by Crippen LogP contribution is 2.30. The maximum atomic E-state index is 12.0. The molecule has 0 radical (unpaired) electrons. The van der Waals surface area contributed by atoms with Gasteiger partial charge < -0.3 is 4.74 Å². The average molecular weight is 423 g/mol. The highest BCUT2D eigenvalue weighted by molar-refractivity contribution is 5.72. The summed E-state index contributed by atoms with van der Waals surface area (Å²) in [6.45, 7) is 6.82. The number of hydrogen-bond acceptors (Lipinski definition) is 4. The van der Waals surface area contributed by atoms with Crippen molar-refractivity contribution in [2.75, 3.05) is 0 Å². The van der Waals surface area contributed by atoms with Crippen molar-refractivity contribution >= 4 is 5.97 Å². The molecule has 3 rings (SSSR count). The van der Waals surface area contributed by atoms with E-state index in [1.54, 1.807) is 0 Å². The van der Waals surface area contributed by atoms with Gasteiger partial charge in [0.2, 0.25) is 0 Å². The molecule has 0 N–H and O–H groups in total. The van der Waals surface area contributed by atoms with Crippen LogP contribution in [0.1, 0.15) is 89.8 Å². The lowest BCUT2D eigenvalue weighted by Crippen LogP contribution is -2.18. The molecule has 0 spiro atoms. The van der Waals surface area contributed by atoms with Crippen LogP contribution in [0.25, 0.3) is 11.4 Å². The van der Waals surface area contributed by atoms with Gasteiger partial charge in [-0.05, 0) is 73.8 Å². The van der Waals surface area contributed by atoms with Crippen LogP contribution in [0.2, 0.25) is 0 Å². The molecule has 2 unspecified atom stereocenters. The number of rotatable bonds is 11. The molecule has 0 saturated heterocycles. The van der Waals surface area contributed by atoms with Crippen molar-refractivity contribution < 1.29 is 9.53 Å². The summed E-state index contributed by atoms with van der Waals surface area (Å²) >= 11 is 0. The SMILES string of the molecule is CCCCCCCC(=O)Oc1ccc(-c2ncc3c(n2)CCC(CC(C)CC)C3)cc1. The fourth-order valence-corrected chi connectivity index (χ4v) is 4.39. The van der Waals surface area contributed by atoms with Crippen molar-refractivity contribution in [1.29, 1.82) is 0 Å². The number of carbonyl (C=O) groups excluding carboxylic acids is 1. The van der Waals surface area contributed by atoms with E-state index >= 15 is 0 Å². The fraction of sp³-hybridized carbons (Fsp3) is 0.593. The van der Waals surface area contributed by atoms with Gasteiger partial charge in [0, 0.05) is 23.9 Å². The number of ether oxygens (including phenoxy) is 1. The predicted molar refractivity (Wildman–Crippen MR) is 126 cm³/mol. The van der Waals surface area contributed by atoms with E-state index in [1.807, 2.05) is 30.5 Å². The van der Waals surface area contributed by atoms with E-state index in [9.17, 15) is 4.79 Å². The molecule has 0 fully saturated rings. The molecule has 0 saturated carbocycles. The minimum atomic E-state index is -0.152. The number of hydrogen-bond donors (Lipinski definition) is 0. The fourth-order valence-electron chi connectivity index (χ4n) is 4.39. The van der Waals surface area contributed by atoms with Gasteiger partial charge in [-0.2, -0.15) is 0 Å². The van der Waals surface area contributed by atoms with Gasteiger partial charge in [0.1, 0.15) is 5.75 Å². The first-order valence-corrected chi connectivity index (χ1v) is 12.2. The van der Waals surface area contributed by atoms with Crippen LogP contribution in [-0.4, -0.2) is 15.9 Å². The summed E-state index contributed by atoms with van der Waals surface area (Å²) in [6.07, 6.45) is 14.1. The summed E-state index contributed by atoms with van der Waals surface area (Å²) in [5, 5.41) is 0. The number of unbranched alkanes of at least 4 members (excludes halogenated alkanes) is 4. The molecule has 2 aromatic rings. The molecule has 1 aliphatic carbocycles. The number of carbonyl (C=O) groups is 1. The molecule has 1 aromatic heterocycles. The average Bonchev–Trinajstić information content (AvgIpc) is 2.79. The van der Waals surface area contributed by atoms with Crippen molar-refractivity contribution in [3.05, 3.63) is 41.7 Å². The lowest BCUT2D eigenvalue weighted by atomic mass is 9.81. The number of fused-ring (bicyclic) bond motifs is 1. The molecular formula is C27H38N2O2. The summed E-state index contributed by atoms with van der Waals surface area (Å²) in [5.74, 6) is 2.75. The van der Waals surface area contributed by atoms with E-state index in [0.29, 0.717) is 12.2 Å². The Balaban J connectivity index is 1.54. The normalized spacial score (nSPS) is 16.5. The number of benzene rings is 1. The summed E-state index contributed by atoms with van der Waals surface area (Å²) in [5.41, 5.74) is 3.47. The summed E-state index contributed by atoms with van der Waals surface area (Å²) in [6, 6.07) is 7.57. The molecule has 1 heterocycles. The first-order valence-electron chi connectivity index (χ1n) is 12.2. The molecule has 0 aliphatic heterocycles. The van der Waals surface area contributed by atoms with Crippen LogP contribution in [0.3, 0.4) is 0 Å². The van der Waals surface area contributed by atoms with E-state index in [1.165, 1.54) is 49.8 Å². The topological polar surface area (TPSA) is 52.1 Å². The summed E-state index contributed by atoms with van der Waals surface area (Å²) in [4.78, 5) is 21.5. The van der Waals surface area contributed by atoms with E-state index in [0.717, 1.165) is 48.9 Å². The minimum Gasteiger partial charge on any atom is -0.427 e. The molecule has 168 valence electrons. The Labute approximate surface area is 187 Å². The van der Waals surface area contributed by atoms with E-state index < -0.39 is 0 Å². The zero-order valence-corrected chi connectivity index (χ0v) is 19.5. The summed E-state index contributed by atoms with van der Waals surface area (Å²) in [7, 11) is 0. The molecule has 4 nitrogen and oxygen atoms in total. The van der Waals surface area contributed by atoms with Gasteiger partial charge in [-0.15, -0.1) is 0 Å². The van der Waals surface area contributed by atoms with Crippen molar-refractivity contribution in [1.82, 2.24) is 9.97 Å². The molecule has 31 heavy (non-hydrogen) atoms. The van der Waals surface area contributed by atoms with Crippen molar-refractivity contribution in [3.63, 3.8) is 0 Å². The van der Waals surface area contributed by atoms with Gasteiger partial charge in [-0.3, -0.25) is 4.79 Å². The van der Waals surface area contributed by atoms with Crippen LogP contribution in [0.5, 0.6) is 5.75 Å². The Morgan fingerprint density at radius 2 is 1.90 bits per heavy atom. The zero-order chi connectivity index (χ0) is 22.1. The van der Waals surface area contributed by atoms with Crippen LogP contribution >= 0.6 is 0 Å². The quantitative estimate of drug-likeness (QED) is 0.223. The lowest BCUT2D eigenvalue weighted by Gasteiger charge is -2.26. The zero-order valence-electron chi connectivity index (χ0n) is 19.5. The van der Waals surface area contributed by atoms with E-state index in [4.69, 9.17) is 9.72 Å². The number of aryl methyl sites for hydroxylation is 1. The third kappa shape index (κ3) is 7.15. The predicted octanol–water partition coefficient (Wildman–Crippen LogP) is 6.95. The van der Waals surface area contributed by atoms with Crippen molar-refractivity contribution in [2.24, 2.45) is 11.8 Å². The van der Waals surface area contributed by atoms with Crippen LogP contribution in [0.4, 0.5) is 0 Å². The maximum absolute atomic E-state index is 12.0. The largest absolute Gasteiger partial charge is 0.427 e. The van der Waals surface area contributed by atoms with Crippen LogP contribution < -0.4 is 4.74 Å². The lowest BCUT2D eigenvalue weighted by molar-refractivity contribution is -0.134. The van der Waals surface area contributed by atoms with Gasteiger partial charge in [0.15, 0.2) is 5.82 Å². The third-order valence-corrected chi connectivity index (χ3v) is 6.51. The Bertz CT molecular complexity index is 832. The Morgan fingerprint density at radius 3 is 2.65 bits per heavy atom. The standard InChI is InChI=1S/C27H38N2O2/c1-4-6-7-8-9-10-26(30)31-24-14-12-22(13-15-24)27-28-19-23-18-21(17-20(3)5-2)11-16-25(23)29-27/h12-15,19-21H,4-11,16-18H2,1-3H3. The monoisotopic (exact) mass is 422 g/mol. The second kappa shape index (κ2) is 12.0. The molecule has 4 heteroatoms. The van der Waals surface area contributed by atoms with Crippen molar-refractivity contribution in [3.8, 4) is 17.1 Å². The molecule has 1 aromatic carbocycles. The molecule has 1 aliphatic rings. The van der Waals surface area contributed by atoms with Crippen LogP contribution in [0, 0.1) is 11.8 Å². The minimum absolute atomic E-state index is 0.152. The van der Waals surface area contributed by atoms with Gasteiger partial charge in [0.05, 0.1) is 0 Å². The molecule has 2 atom stereocenters. The van der Waals surface area contributed by atoms with E-state index in [2.05, 4.69) is 25.8 Å². The molecule has 0 amide bonds. The number of nitrogens with zero attached hydrogens (tertiary/aromatic N) is 2. The van der Waals surface area contributed by atoms with Crippen molar-refractivity contribution in [2.45, 2.75) is 91.4 Å². The maximum Gasteiger partial charge on any atom is 0.311 e. The Hall–Kier alpha value is -2.23.